The minimum absolute atomic E-state index is 0.125. The van der Waals surface area contributed by atoms with E-state index in [1.807, 2.05) is 26.2 Å². The molecular weight excluding hydrogens is 210 g/mol. The van der Waals surface area contributed by atoms with Gasteiger partial charge < -0.3 is 9.84 Å². The third-order valence-electron chi connectivity index (χ3n) is 1.82. The maximum Gasteiger partial charge on any atom is 0.138 e. The number of aliphatic hydroxyl groups excluding tert-OH is 1. The summed E-state index contributed by atoms with van der Waals surface area (Å²) in [4.78, 5) is 4.05. The molecule has 0 aliphatic rings. The quantitative estimate of drug-likeness (QED) is 0.838. The topological polar surface area (TPSA) is 42.4 Å². The highest BCUT2D eigenvalue weighted by molar-refractivity contribution is 7.98. The van der Waals surface area contributed by atoms with Gasteiger partial charge in [0.25, 0.3) is 0 Å². The summed E-state index contributed by atoms with van der Waals surface area (Å²) in [6, 6.07) is 1.84. The van der Waals surface area contributed by atoms with Crippen LogP contribution in [0.3, 0.4) is 0 Å². The Morgan fingerprint density at radius 3 is 2.80 bits per heavy atom. The summed E-state index contributed by atoms with van der Waals surface area (Å²) in [6.45, 7) is 3.93. The van der Waals surface area contributed by atoms with Crippen LogP contribution < -0.4 is 4.74 Å². The minimum atomic E-state index is -0.469. The monoisotopic (exact) mass is 227 g/mol. The number of thioether (sulfide) groups is 1. The summed E-state index contributed by atoms with van der Waals surface area (Å²) < 4.78 is 5.50. The van der Waals surface area contributed by atoms with Crippen LogP contribution >= 0.6 is 11.8 Å². The van der Waals surface area contributed by atoms with Crippen molar-refractivity contribution in [2.24, 2.45) is 0 Å². The van der Waals surface area contributed by atoms with Crippen molar-refractivity contribution >= 4 is 11.8 Å². The van der Waals surface area contributed by atoms with E-state index < -0.39 is 6.10 Å². The molecule has 0 saturated heterocycles. The van der Waals surface area contributed by atoms with Gasteiger partial charge in [0.15, 0.2) is 0 Å². The fourth-order valence-electron chi connectivity index (χ4n) is 1.21. The van der Waals surface area contributed by atoms with Crippen molar-refractivity contribution < 1.29 is 9.84 Å². The van der Waals surface area contributed by atoms with Crippen molar-refractivity contribution in [3.05, 3.63) is 24.0 Å². The lowest BCUT2D eigenvalue weighted by Gasteiger charge is -2.12. The predicted molar refractivity (Wildman–Crippen MR) is 63.3 cm³/mol. The van der Waals surface area contributed by atoms with E-state index in [1.165, 1.54) is 0 Å². The summed E-state index contributed by atoms with van der Waals surface area (Å²) in [5.41, 5.74) is 0.808. The molecule has 0 aromatic carbocycles. The van der Waals surface area contributed by atoms with Gasteiger partial charge in [0.2, 0.25) is 0 Å². The van der Waals surface area contributed by atoms with Crippen LogP contribution in [0.2, 0.25) is 0 Å². The smallest absolute Gasteiger partial charge is 0.138 e. The Morgan fingerprint density at radius 1 is 1.47 bits per heavy atom. The highest BCUT2D eigenvalue weighted by Gasteiger charge is 2.08. The zero-order valence-electron chi connectivity index (χ0n) is 9.30. The van der Waals surface area contributed by atoms with E-state index >= 15 is 0 Å². The Bertz CT molecular complexity index is 304. The average molecular weight is 227 g/mol. The molecule has 0 aliphatic carbocycles. The van der Waals surface area contributed by atoms with Crippen molar-refractivity contribution in [2.75, 3.05) is 12.0 Å². The van der Waals surface area contributed by atoms with E-state index in [0.717, 1.165) is 5.56 Å². The van der Waals surface area contributed by atoms with E-state index in [9.17, 15) is 5.11 Å². The molecule has 0 saturated carbocycles. The van der Waals surface area contributed by atoms with Crippen molar-refractivity contribution in [3.63, 3.8) is 0 Å². The molecule has 0 bridgehead atoms. The molecule has 0 fully saturated rings. The first-order valence-corrected chi connectivity index (χ1v) is 6.31. The molecule has 1 aromatic rings. The Kier molecular flexibility index (Phi) is 4.91. The van der Waals surface area contributed by atoms with E-state index in [1.54, 1.807) is 24.2 Å². The molecule has 3 nitrogen and oxygen atoms in total. The fraction of sp³-hybridized carbons (Fsp3) is 0.545. The number of ether oxygens (including phenoxy) is 1. The van der Waals surface area contributed by atoms with Crippen LogP contribution in [0, 0.1) is 0 Å². The number of pyridine rings is 1. The zero-order chi connectivity index (χ0) is 11.3. The Balaban J connectivity index is 2.73. The molecule has 1 atom stereocenters. The van der Waals surface area contributed by atoms with Gasteiger partial charge in [0.05, 0.1) is 18.4 Å². The highest BCUT2D eigenvalue weighted by atomic mass is 32.2. The maximum absolute atomic E-state index is 9.76. The van der Waals surface area contributed by atoms with Gasteiger partial charge in [-0.15, -0.1) is 0 Å². The molecule has 15 heavy (non-hydrogen) atoms. The second-order valence-electron chi connectivity index (χ2n) is 3.59. The van der Waals surface area contributed by atoms with E-state index in [2.05, 4.69) is 4.98 Å². The SMILES string of the molecule is CSCC(O)c1cncc(OC(C)C)c1. The lowest BCUT2D eigenvalue weighted by molar-refractivity contribution is 0.201. The van der Waals surface area contributed by atoms with E-state index in [4.69, 9.17) is 4.74 Å². The van der Waals surface area contributed by atoms with Gasteiger partial charge in [0, 0.05) is 17.5 Å². The van der Waals surface area contributed by atoms with Crippen molar-refractivity contribution in [1.82, 2.24) is 4.98 Å². The van der Waals surface area contributed by atoms with Crippen LogP contribution in [0.5, 0.6) is 5.75 Å². The third kappa shape index (κ3) is 4.10. The van der Waals surface area contributed by atoms with Gasteiger partial charge in [-0.25, -0.2) is 0 Å². The zero-order valence-corrected chi connectivity index (χ0v) is 10.1. The first kappa shape index (κ1) is 12.3. The lowest BCUT2D eigenvalue weighted by Crippen LogP contribution is -2.07. The van der Waals surface area contributed by atoms with E-state index in [-0.39, 0.29) is 6.10 Å². The first-order valence-electron chi connectivity index (χ1n) is 4.92. The number of rotatable bonds is 5. The number of aromatic nitrogens is 1. The summed E-state index contributed by atoms with van der Waals surface area (Å²) in [5, 5.41) is 9.76. The van der Waals surface area contributed by atoms with Crippen LogP contribution in [0.15, 0.2) is 18.5 Å². The number of nitrogens with zero attached hydrogens (tertiary/aromatic N) is 1. The Labute approximate surface area is 94.9 Å². The van der Waals surface area contributed by atoms with Gasteiger partial charge in [0.1, 0.15) is 5.75 Å². The molecule has 1 heterocycles. The fourth-order valence-corrected chi connectivity index (χ4v) is 1.72. The Morgan fingerprint density at radius 2 is 2.20 bits per heavy atom. The summed E-state index contributed by atoms with van der Waals surface area (Å²) in [7, 11) is 0. The largest absolute Gasteiger partial charge is 0.489 e. The van der Waals surface area contributed by atoms with Crippen molar-refractivity contribution in [1.29, 1.82) is 0 Å². The summed E-state index contributed by atoms with van der Waals surface area (Å²) >= 11 is 1.61. The van der Waals surface area contributed by atoms with E-state index in [0.29, 0.717) is 11.5 Å². The van der Waals surface area contributed by atoms with Gasteiger partial charge in [-0.1, -0.05) is 0 Å². The molecule has 1 aromatic heterocycles. The van der Waals surface area contributed by atoms with Crippen LogP contribution in [-0.2, 0) is 0 Å². The molecule has 4 heteroatoms. The number of hydrogen-bond acceptors (Lipinski definition) is 4. The number of aliphatic hydroxyl groups is 1. The average Bonchev–Trinajstić information content (AvgIpc) is 2.17. The molecule has 1 rings (SSSR count). The summed E-state index contributed by atoms with van der Waals surface area (Å²) in [6.07, 6.45) is 4.96. The van der Waals surface area contributed by atoms with Gasteiger partial charge in [-0.05, 0) is 26.2 Å². The molecule has 1 N–H and O–H groups in total. The molecule has 0 spiro atoms. The standard InChI is InChI=1S/C11H17NO2S/c1-8(2)14-10-4-9(5-12-6-10)11(13)7-15-3/h4-6,8,11,13H,7H2,1-3H3. The first-order chi connectivity index (χ1) is 7.13. The minimum Gasteiger partial charge on any atom is -0.489 e. The molecule has 0 radical (unpaired) electrons. The van der Waals surface area contributed by atoms with Gasteiger partial charge in [-0.3, -0.25) is 4.98 Å². The molecule has 0 amide bonds. The van der Waals surface area contributed by atoms with Gasteiger partial charge >= 0.3 is 0 Å². The van der Waals surface area contributed by atoms with Crippen LogP contribution in [-0.4, -0.2) is 28.2 Å². The molecule has 84 valence electrons. The number of hydrogen-bond donors (Lipinski definition) is 1. The molecule has 0 aliphatic heterocycles. The predicted octanol–water partition coefficient (Wildman–Crippen LogP) is 2.27. The molecule has 1 unspecified atom stereocenters. The summed E-state index contributed by atoms with van der Waals surface area (Å²) in [5.74, 6) is 1.38. The lowest BCUT2D eigenvalue weighted by atomic mass is 10.2. The van der Waals surface area contributed by atoms with Crippen LogP contribution in [0.4, 0.5) is 0 Å². The van der Waals surface area contributed by atoms with Crippen LogP contribution in [0.25, 0.3) is 0 Å². The normalized spacial score (nSPS) is 12.9. The Hall–Kier alpha value is -0.740. The maximum atomic E-state index is 9.76. The second-order valence-corrected chi connectivity index (χ2v) is 4.50. The van der Waals surface area contributed by atoms with Gasteiger partial charge in [-0.2, -0.15) is 11.8 Å². The second kappa shape index (κ2) is 5.98. The molecular formula is C11H17NO2S. The van der Waals surface area contributed by atoms with Crippen LogP contribution in [0.1, 0.15) is 25.5 Å². The van der Waals surface area contributed by atoms with Crippen molar-refractivity contribution in [2.45, 2.75) is 26.1 Å². The van der Waals surface area contributed by atoms with Crippen molar-refractivity contribution in [3.8, 4) is 5.75 Å². The highest BCUT2D eigenvalue weighted by Crippen LogP contribution is 2.20. The third-order valence-corrected chi connectivity index (χ3v) is 2.46.